The normalized spacial score (nSPS) is 17.8. The van der Waals surface area contributed by atoms with E-state index in [2.05, 4.69) is 14.8 Å². The Morgan fingerprint density at radius 1 is 1.04 bits per heavy atom. The van der Waals surface area contributed by atoms with Gasteiger partial charge in [0.15, 0.2) is 5.16 Å². The fourth-order valence-electron chi connectivity index (χ4n) is 3.88. The average molecular weight is 370 g/mol. The van der Waals surface area contributed by atoms with Gasteiger partial charge in [-0.2, -0.15) is 0 Å². The number of thioether (sulfide) groups is 1. The van der Waals surface area contributed by atoms with Crippen molar-refractivity contribution in [2.45, 2.75) is 50.2 Å². The van der Waals surface area contributed by atoms with Crippen LogP contribution in [0.3, 0.4) is 0 Å². The lowest BCUT2D eigenvalue weighted by Gasteiger charge is -2.25. The first kappa shape index (κ1) is 17.3. The van der Waals surface area contributed by atoms with Crippen molar-refractivity contribution in [3.63, 3.8) is 0 Å². The zero-order valence-electron chi connectivity index (χ0n) is 14.9. The number of rotatable bonds is 5. The fourth-order valence-corrected chi connectivity index (χ4v) is 4.85. The molecule has 0 bridgehead atoms. The highest BCUT2D eigenvalue weighted by molar-refractivity contribution is 7.99. The number of carbonyl (C=O) groups excluding carboxylic acids is 2. The molecule has 0 atom stereocenters. The predicted molar refractivity (Wildman–Crippen MR) is 99.4 cm³/mol. The second-order valence-corrected chi connectivity index (χ2v) is 7.91. The quantitative estimate of drug-likeness (QED) is 0.595. The molecular weight excluding hydrogens is 348 g/mol. The molecule has 0 spiro atoms. The largest absolute Gasteiger partial charge is 0.303 e. The number of imide groups is 1. The lowest BCUT2D eigenvalue weighted by atomic mass is 9.95. The molecule has 6 nitrogen and oxygen atoms in total. The summed E-state index contributed by atoms with van der Waals surface area (Å²) in [6.07, 6.45) is 6.15. The van der Waals surface area contributed by atoms with Crippen LogP contribution in [0.5, 0.6) is 0 Å². The first-order valence-electron chi connectivity index (χ1n) is 9.16. The third kappa shape index (κ3) is 3.05. The number of amides is 2. The maximum absolute atomic E-state index is 12.4. The highest BCUT2D eigenvalue weighted by atomic mass is 32.2. The van der Waals surface area contributed by atoms with Gasteiger partial charge >= 0.3 is 0 Å². The SMILES string of the molecule is Cc1nnc(SCCN2C(=O)c3ccccc3C2=O)n1C1CCCCC1. The number of hydrogen-bond donors (Lipinski definition) is 0. The molecule has 0 unspecified atom stereocenters. The predicted octanol–water partition coefficient (Wildman–Crippen LogP) is 3.48. The van der Waals surface area contributed by atoms with Crippen LogP contribution in [0.1, 0.15) is 64.7 Å². The molecule has 2 heterocycles. The molecule has 0 N–H and O–H groups in total. The van der Waals surface area contributed by atoms with Gasteiger partial charge in [-0.15, -0.1) is 10.2 Å². The van der Waals surface area contributed by atoms with Gasteiger partial charge in [-0.25, -0.2) is 0 Å². The van der Waals surface area contributed by atoms with E-state index >= 15 is 0 Å². The number of aryl methyl sites for hydroxylation is 1. The molecule has 1 aromatic carbocycles. The van der Waals surface area contributed by atoms with E-state index in [1.807, 2.05) is 6.92 Å². The molecule has 1 aromatic heterocycles. The van der Waals surface area contributed by atoms with Crippen molar-refractivity contribution in [2.75, 3.05) is 12.3 Å². The van der Waals surface area contributed by atoms with Crippen LogP contribution >= 0.6 is 11.8 Å². The molecule has 1 aliphatic heterocycles. The maximum Gasteiger partial charge on any atom is 0.261 e. The first-order chi connectivity index (χ1) is 12.7. The van der Waals surface area contributed by atoms with E-state index in [0.717, 1.165) is 11.0 Å². The molecule has 26 heavy (non-hydrogen) atoms. The van der Waals surface area contributed by atoms with Gasteiger partial charge in [0.05, 0.1) is 11.1 Å². The topological polar surface area (TPSA) is 68.1 Å². The number of hydrogen-bond acceptors (Lipinski definition) is 5. The van der Waals surface area contributed by atoms with Crippen molar-refractivity contribution in [3.05, 3.63) is 41.2 Å². The van der Waals surface area contributed by atoms with E-state index < -0.39 is 0 Å². The van der Waals surface area contributed by atoms with Crippen LogP contribution in [0.25, 0.3) is 0 Å². The molecule has 1 fully saturated rings. The monoisotopic (exact) mass is 370 g/mol. The molecule has 2 aromatic rings. The highest BCUT2D eigenvalue weighted by Gasteiger charge is 2.34. The molecule has 0 saturated heterocycles. The number of benzene rings is 1. The summed E-state index contributed by atoms with van der Waals surface area (Å²) in [5.74, 6) is 1.17. The molecule has 2 aliphatic rings. The Balaban J connectivity index is 1.42. The van der Waals surface area contributed by atoms with E-state index in [4.69, 9.17) is 0 Å². The second kappa shape index (κ2) is 7.23. The standard InChI is InChI=1S/C19H22N4O2S/c1-13-20-21-19(23(13)14-7-3-2-4-8-14)26-12-11-22-17(24)15-9-5-6-10-16(15)18(22)25/h5-6,9-10,14H,2-4,7-8,11-12H2,1H3. The molecule has 2 amide bonds. The fraction of sp³-hybridized carbons (Fsp3) is 0.474. The van der Waals surface area contributed by atoms with Gasteiger partial charge in [0.1, 0.15) is 5.82 Å². The van der Waals surface area contributed by atoms with Crippen molar-refractivity contribution >= 4 is 23.6 Å². The van der Waals surface area contributed by atoms with Gasteiger partial charge in [-0.3, -0.25) is 14.5 Å². The van der Waals surface area contributed by atoms with Crippen molar-refractivity contribution in [1.29, 1.82) is 0 Å². The van der Waals surface area contributed by atoms with Crippen LogP contribution in [0.2, 0.25) is 0 Å². The summed E-state index contributed by atoms with van der Waals surface area (Å²) in [6.45, 7) is 2.38. The Hall–Kier alpha value is -2.15. The Morgan fingerprint density at radius 3 is 2.35 bits per heavy atom. The van der Waals surface area contributed by atoms with E-state index in [9.17, 15) is 9.59 Å². The van der Waals surface area contributed by atoms with Gasteiger partial charge in [0, 0.05) is 18.3 Å². The van der Waals surface area contributed by atoms with E-state index in [0.29, 0.717) is 29.5 Å². The van der Waals surface area contributed by atoms with Crippen molar-refractivity contribution < 1.29 is 9.59 Å². The molecule has 1 aliphatic carbocycles. The van der Waals surface area contributed by atoms with Crippen molar-refractivity contribution in [1.82, 2.24) is 19.7 Å². The molecule has 136 valence electrons. The van der Waals surface area contributed by atoms with Gasteiger partial charge in [-0.05, 0) is 31.9 Å². The zero-order valence-corrected chi connectivity index (χ0v) is 15.7. The zero-order chi connectivity index (χ0) is 18.1. The first-order valence-corrected chi connectivity index (χ1v) is 10.1. The van der Waals surface area contributed by atoms with E-state index in [-0.39, 0.29) is 11.8 Å². The number of nitrogens with zero attached hydrogens (tertiary/aromatic N) is 4. The van der Waals surface area contributed by atoms with Crippen molar-refractivity contribution in [2.24, 2.45) is 0 Å². The summed E-state index contributed by atoms with van der Waals surface area (Å²) in [6, 6.07) is 7.48. The van der Waals surface area contributed by atoms with E-state index in [1.54, 1.807) is 36.0 Å². The summed E-state index contributed by atoms with van der Waals surface area (Å²) >= 11 is 1.57. The lowest BCUT2D eigenvalue weighted by molar-refractivity contribution is 0.0664. The Labute approximate surface area is 157 Å². The van der Waals surface area contributed by atoms with Crippen LogP contribution in [0.15, 0.2) is 29.4 Å². The molecule has 4 rings (SSSR count). The number of fused-ring (bicyclic) bond motifs is 1. The molecule has 7 heteroatoms. The summed E-state index contributed by atoms with van der Waals surface area (Å²) < 4.78 is 2.24. The van der Waals surface area contributed by atoms with Gasteiger partial charge in [0.25, 0.3) is 11.8 Å². The minimum atomic E-state index is -0.198. The number of aromatic nitrogens is 3. The van der Waals surface area contributed by atoms with Gasteiger partial charge in [-0.1, -0.05) is 43.2 Å². The van der Waals surface area contributed by atoms with Crippen LogP contribution in [-0.2, 0) is 0 Å². The summed E-state index contributed by atoms with van der Waals surface area (Å²) in [4.78, 5) is 26.2. The summed E-state index contributed by atoms with van der Waals surface area (Å²) in [5.41, 5.74) is 1.01. The third-order valence-corrected chi connectivity index (χ3v) is 6.12. The van der Waals surface area contributed by atoms with Crippen LogP contribution in [-0.4, -0.2) is 43.8 Å². The molecular formula is C19H22N4O2S. The highest BCUT2D eigenvalue weighted by Crippen LogP contribution is 2.32. The Kier molecular flexibility index (Phi) is 4.80. The van der Waals surface area contributed by atoms with Crippen LogP contribution in [0, 0.1) is 6.92 Å². The second-order valence-electron chi connectivity index (χ2n) is 6.85. The maximum atomic E-state index is 12.4. The minimum Gasteiger partial charge on any atom is -0.303 e. The van der Waals surface area contributed by atoms with Gasteiger partial charge in [0.2, 0.25) is 0 Å². The minimum absolute atomic E-state index is 0.198. The van der Waals surface area contributed by atoms with Gasteiger partial charge < -0.3 is 4.57 Å². The third-order valence-electron chi connectivity index (χ3n) is 5.20. The van der Waals surface area contributed by atoms with Crippen molar-refractivity contribution in [3.8, 4) is 0 Å². The van der Waals surface area contributed by atoms with Crippen LogP contribution in [0.4, 0.5) is 0 Å². The van der Waals surface area contributed by atoms with Crippen LogP contribution < -0.4 is 0 Å². The Morgan fingerprint density at radius 2 is 1.69 bits per heavy atom. The average Bonchev–Trinajstić information content (AvgIpc) is 3.15. The summed E-state index contributed by atoms with van der Waals surface area (Å²) in [7, 11) is 0. The molecule has 0 radical (unpaired) electrons. The molecule has 1 saturated carbocycles. The Bertz CT molecular complexity index is 807. The summed E-state index contributed by atoms with van der Waals surface area (Å²) in [5, 5.41) is 9.46. The number of carbonyl (C=O) groups is 2. The lowest BCUT2D eigenvalue weighted by Crippen LogP contribution is -2.31. The van der Waals surface area contributed by atoms with E-state index in [1.165, 1.54) is 37.0 Å². The smallest absolute Gasteiger partial charge is 0.261 e.